The number of imidazole rings is 1. The van der Waals surface area contributed by atoms with Gasteiger partial charge in [-0.15, -0.1) is 0 Å². The number of nitrogens with zero attached hydrogens (tertiary/aromatic N) is 3. The van der Waals surface area contributed by atoms with Crippen LogP contribution in [0.1, 0.15) is 36.6 Å². The number of anilines is 1. The predicted molar refractivity (Wildman–Crippen MR) is 103 cm³/mol. The second-order valence-electron chi connectivity index (χ2n) is 6.29. The van der Waals surface area contributed by atoms with Gasteiger partial charge in [0, 0.05) is 18.0 Å². The molecule has 3 rings (SSSR count). The van der Waals surface area contributed by atoms with Crippen LogP contribution in [-0.2, 0) is 0 Å². The third-order valence-electron chi connectivity index (χ3n) is 4.16. The number of aromatic amines is 1. The molecule has 0 aliphatic carbocycles. The first-order valence-corrected chi connectivity index (χ1v) is 8.80. The van der Waals surface area contributed by atoms with E-state index in [0.717, 1.165) is 35.1 Å². The SMILES string of the molecule is CC[C@H](NC(=O)Nc1cc(C)nn1-c1ccc(OC)cc1)c1ncc(C)[nH]1. The molecule has 8 nitrogen and oxygen atoms in total. The van der Waals surface area contributed by atoms with Crippen LogP contribution in [0.3, 0.4) is 0 Å². The van der Waals surface area contributed by atoms with E-state index in [1.807, 2.05) is 51.1 Å². The number of carbonyl (C=O) groups excluding carboxylic acids is 1. The molecule has 3 aromatic rings. The maximum absolute atomic E-state index is 12.5. The van der Waals surface area contributed by atoms with Crippen molar-refractivity contribution in [3.05, 3.63) is 53.7 Å². The Hall–Kier alpha value is -3.29. The summed E-state index contributed by atoms with van der Waals surface area (Å²) in [5.41, 5.74) is 2.58. The second-order valence-corrected chi connectivity index (χ2v) is 6.29. The van der Waals surface area contributed by atoms with Gasteiger partial charge in [-0.3, -0.25) is 5.32 Å². The van der Waals surface area contributed by atoms with Gasteiger partial charge in [-0.05, 0) is 44.5 Å². The molecule has 0 aliphatic rings. The average Bonchev–Trinajstić information content (AvgIpc) is 3.25. The van der Waals surface area contributed by atoms with Crippen molar-refractivity contribution in [3.8, 4) is 11.4 Å². The van der Waals surface area contributed by atoms with E-state index < -0.39 is 0 Å². The number of benzene rings is 1. The Balaban J connectivity index is 1.75. The van der Waals surface area contributed by atoms with Crippen molar-refractivity contribution < 1.29 is 9.53 Å². The first-order valence-electron chi connectivity index (χ1n) is 8.80. The maximum Gasteiger partial charge on any atom is 0.320 e. The number of urea groups is 1. The van der Waals surface area contributed by atoms with E-state index in [1.54, 1.807) is 18.0 Å². The third kappa shape index (κ3) is 4.28. The smallest absolute Gasteiger partial charge is 0.320 e. The fourth-order valence-electron chi connectivity index (χ4n) is 2.79. The summed E-state index contributed by atoms with van der Waals surface area (Å²) >= 11 is 0. The number of nitrogens with one attached hydrogen (secondary N) is 3. The van der Waals surface area contributed by atoms with Gasteiger partial charge in [0.05, 0.1) is 24.5 Å². The van der Waals surface area contributed by atoms with Gasteiger partial charge in [-0.25, -0.2) is 14.5 Å². The van der Waals surface area contributed by atoms with Crippen LogP contribution in [0, 0.1) is 13.8 Å². The van der Waals surface area contributed by atoms with Gasteiger partial charge in [0.2, 0.25) is 0 Å². The van der Waals surface area contributed by atoms with E-state index >= 15 is 0 Å². The number of rotatable bonds is 6. The number of aromatic nitrogens is 4. The minimum Gasteiger partial charge on any atom is -0.497 e. The predicted octanol–water partition coefficient (Wildman–Crippen LogP) is 3.49. The number of carbonyl (C=O) groups is 1. The Morgan fingerprint density at radius 1 is 1.30 bits per heavy atom. The summed E-state index contributed by atoms with van der Waals surface area (Å²) in [7, 11) is 1.62. The monoisotopic (exact) mass is 368 g/mol. The van der Waals surface area contributed by atoms with Crippen molar-refractivity contribution in [1.29, 1.82) is 0 Å². The summed E-state index contributed by atoms with van der Waals surface area (Å²) in [4.78, 5) is 20.0. The van der Waals surface area contributed by atoms with E-state index in [-0.39, 0.29) is 12.1 Å². The number of ether oxygens (including phenoxy) is 1. The lowest BCUT2D eigenvalue weighted by molar-refractivity contribution is 0.247. The number of hydrogen-bond acceptors (Lipinski definition) is 4. The molecule has 142 valence electrons. The summed E-state index contributed by atoms with van der Waals surface area (Å²) in [6.07, 6.45) is 2.47. The number of methoxy groups -OCH3 is 1. The molecule has 27 heavy (non-hydrogen) atoms. The average molecular weight is 368 g/mol. The highest BCUT2D eigenvalue weighted by Crippen LogP contribution is 2.20. The lowest BCUT2D eigenvalue weighted by Crippen LogP contribution is -2.33. The van der Waals surface area contributed by atoms with Crippen LogP contribution in [0.25, 0.3) is 5.69 Å². The largest absolute Gasteiger partial charge is 0.497 e. The fourth-order valence-corrected chi connectivity index (χ4v) is 2.79. The molecular weight excluding hydrogens is 344 g/mol. The van der Waals surface area contributed by atoms with E-state index in [9.17, 15) is 4.79 Å². The minimum atomic E-state index is -0.314. The van der Waals surface area contributed by atoms with Crippen LogP contribution in [0.15, 0.2) is 36.5 Å². The number of amides is 2. The van der Waals surface area contributed by atoms with Gasteiger partial charge in [0.15, 0.2) is 0 Å². The molecule has 0 radical (unpaired) electrons. The van der Waals surface area contributed by atoms with Gasteiger partial charge in [0.1, 0.15) is 17.4 Å². The highest BCUT2D eigenvalue weighted by molar-refractivity contribution is 5.89. The summed E-state index contributed by atoms with van der Waals surface area (Å²) < 4.78 is 6.87. The molecule has 0 fully saturated rings. The normalized spacial score (nSPS) is 11.9. The van der Waals surface area contributed by atoms with Crippen molar-refractivity contribution in [2.75, 3.05) is 12.4 Å². The Labute approximate surface area is 158 Å². The molecule has 8 heteroatoms. The van der Waals surface area contributed by atoms with Crippen molar-refractivity contribution in [2.45, 2.75) is 33.2 Å². The fraction of sp³-hybridized carbons (Fsp3) is 0.316. The van der Waals surface area contributed by atoms with Crippen LogP contribution in [-0.4, -0.2) is 32.9 Å². The molecular formula is C19H24N6O2. The number of aryl methyl sites for hydroxylation is 2. The highest BCUT2D eigenvalue weighted by atomic mass is 16.5. The molecule has 0 saturated carbocycles. The molecule has 3 N–H and O–H groups in total. The maximum atomic E-state index is 12.5. The summed E-state index contributed by atoms with van der Waals surface area (Å²) in [6, 6.07) is 8.78. The summed E-state index contributed by atoms with van der Waals surface area (Å²) in [6.45, 7) is 5.80. The van der Waals surface area contributed by atoms with E-state index in [2.05, 4.69) is 25.7 Å². The zero-order valence-corrected chi connectivity index (χ0v) is 15.9. The third-order valence-corrected chi connectivity index (χ3v) is 4.16. The van der Waals surface area contributed by atoms with Crippen LogP contribution in [0.2, 0.25) is 0 Å². The van der Waals surface area contributed by atoms with Gasteiger partial charge in [-0.2, -0.15) is 5.10 Å². The second kappa shape index (κ2) is 7.94. The Morgan fingerprint density at radius 3 is 2.63 bits per heavy atom. The molecule has 2 heterocycles. The van der Waals surface area contributed by atoms with Crippen LogP contribution >= 0.6 is 0 Å². The van der Waals surface area contributed by atoms with Crippen molar-refractivity contribution in [3.63, 3.8) is 0 Å². The Kier molecular flexibility index (Phi) is 5.44. The number of hydrogen-bond donors (Lipinski definition) is 3. The van der Waals surface area contributed by atoms with Gasteiger partial charge in [-0.1, -0.05) is 6.92 Å². The van der Waals surface area contributed by atoms with Gasteiger partial charge in [0.25, 0.3) is 0 Å². The topological polar surface area (TPSA) is 96.9 Å². The molecule has 0 spiro atoms. The Bertz CT molecular complexity index is 913. The molecule has 1 atom stereocenters. The van der Waals surface area contributed by atoms with E-state index in [0.29, 0.717) is 5.82 Å². The quantitative estimate of drug-likeness (QED) is 0.620. The van der Waals surface area contributed by atoms with E-state index in [4.69, 9.17) is 4.74 Å². The molecule has 0 aliphatic heterocycles. The lowest BCUT2D eigenvalue weighted by Gasteiger charge is -2.16. The van der Waals surface area contributed by atoms with Gasteiger partial charge >= 0.3 is 6.03 Å². The lowest BCUT2D eigenvalue weighted by atomic mass is 10.2. The van der Waals surface area contributed by atoms with Crippen molar-refractivity contribution >= 4 is 11.8 Å². The highest BCUT2D eigenvalue weighted by Gasteiger charge is 2.17. The molecule has 0 saturated heterocycles. The van der Waals surface area contributed by atoms with Crippen molar-refractivity contribution in [1.82, 2.24) is 25.1 Å². The standard InChI is InChI=1S/C19H24N6O2/c1-5-16(18-20-11-13(3)21-18)22-19(26)23-17-10-12(2)24-25(17)14-6-8-15(27-4)9-7-14/h6-11,16H,5H2,1-4H3,(H,20,21)(H2,22,23,26)/t16-/m0/s1. The zero-order valence-electron chi connectivity index (χ0n) is 15.9. The van der Waals surface area contributed by atoms with Gasteiger partial charge < -0.3 is 15.0 Å². The van der Waals surface area contributed by atoms with Crippen molar-refractivity contribution in [2.24, 2.45) is 0 Å². The van der Waals surface area contributed by atoms with Crippen LogP contribution < -0.4 is 15.4 Å². The Morgan fingerprint density at radius 2 is 2.04 bits per heavy atom. The zero-order chi connectivity index (χ0) is 19.4. The molecule has 0 unspecified atom stereocenters. The van der Waals surface area contributed by atoms with Crippen LogP contribution in [0.4, 0.5) is 10.6 Å². The van der Waals surface area contributed by atoms with Crippen LogP contribution in [0.5, 0.6) is 5.75 Å². The molecule has 2 amide bonds. The molecule has 0 bridgehead atoms. The summed E-state index contributed by atoms with van der Waals surface area (Å²) in [5, 5.41) is 10.3. The summed E-state index contributed by atoms with van der Waals surface area (Å²) in [5.74, 6) is 2.08. The molecule has 1 aromatic carbocycles. The minimum absolute atomic E-state index is 0.197. The first kappa shape index (κ1) is 18.5. The van der Waals surface area contributed by atoms with E-state index in [1.165, 1.54) is 0 Å². The number of H-pyrrole nitrogens is 1. The molecule has 2 aromatic heterocycles. The first-order chi connectivity index (χ1) is 13.0.